The van der Waals surface area contributed by atoms with Gasteiger partial charge in [-0.1, -0.05) is 77.5 Å². The Kier molecular flexibility index (Phi) is 8.19. The molecule has 40 heavy (non-hydrogen) atoms. The summed E-state index contributed by atoms with van der Waals surface area (Å²) in [4.78, 5) is 32.0. The van der Waals surface area contributed by atoms with Crippen LogP contribution in [0.15, 0.2) is 93.9 Å². The Morgan fingerprint density at radius 3 is 2.55 bits per heavy atom. The minimum Gasteiger partial charge on any atom is -0.493 e. The highest BCUT2D eigenvalue weighted by molar-refractivity contribution is 7.07. The Morgan fingerprint density at radius 1 is 1.07 bits per heavy atom. The van der Waals surface area contributed by atoms with Crippen LogP contribution in [0.5, 0.6) is 11.5 Å². The van der Waals surface area contributed by atoms with Crippen LogP contribution in [0.2, 0.25) is 5.02 Å². The number of rotatable bonds is 8. The van der Waals surface area contributed by atoms with Crippen LogP contribution >= 0.6 is 22.9 Å². The number of carbonyl (C=O) groups is 1. The van der Waals surface area contributed by atoms with Crippen molar-refractivity contribution in [1.29, 1.82) is 0 Å². The molecule has 1 aliphatic heterocycles. The number of esters is 1. The zero-order valence-electron chi connectivity index (χ0n) is 22.2. The lowest BCUT2D eigenvalue weighted by atomic mass is 9.96. The summed E-state index contributed by atoms with van der Waals surface area (Å²) >= 11 is 7.81. The van der Waals surface area contributed by atoms with E-state index in [2.05, 4.69) is 4.99 Å². The number of halogens is 1. The van der Waals surface area contributed by atoms with Gasteiger partial charge in [0.15, 0.2) is 16.3 Å². The maximum Gasteiger partial charge on any atom is 0.338 e. The fourth-order valence-electron chi connectivity index (χ4n) is 4.56. The second kappa shape index (κ2) is 11.9. The molecule has 0 radical (unpaired) electrons. The second-order valence-electron chi connectivity index (χ2n) is 9.01. The van der Waals surface area contributed by atoms with Crippen LogP contribution in [-0.4, -0.2) is 24.3 Å². The van der Waals surface area contributed by atoms with Crippen molar-refractivity contribution in [2.75, 3.05) is 13.7 Å². The summed E-state index contributed by atoms with van der Waals surface area (Å²) in [5.41, 5.74) is 2.90. The zero-order chi connectivity index (χ0) is 28.2. The first-order chi connectivity index (χ1) is 19.4. The summed E-state index contributed by atoms with van der Waals surface area (Å²) in [6.07, 6.45) is 1.78. The van der Waals surface area contributed by atoms with Gasteiger partial charge in [-0.15, -0.1) is 0 Å². The Hall–Kier alpha value is -4.14. The first kappa shape index (κ1) is 27.4. The normalized spacial score (nSPS) is 14.9. The van der Waals surface area contributed by atoms with Gasteiger partial charge < -0.3 is 14.2 Å². The number of methoxy groups -OCH3 is 1. The molecule has 0 amide bonds. The Balaban J connectivity index is 1.57. The van der Waals surface area contributed by atoms with E-state index < -0.39 is 12.0 Å². The number of hydrogen-bond acceptors (Lipinski definition) is 7. The standard InChI is InChI=1S/C31H27ClN2O5S/c1-4-38-30(36)27-19(2)33-31-34(28(27)22-12-8-9-13-23(22)32)29(35)26(40-31)17-21-14-15-24(25(16-21)37-3)39-18-20-10-6-5-7-11-20/h5-17,28H,4,18H2,1-3H3. The molecule has 4 aromatic rings. The van der Waals surface area contributed by atoms with Gasteiger partial charge in [0.1, 0.15) is 12.6 Å². The Morgan fingerprint density at radius 2 is 1.82 bits per heavy atom. The molecule has 0 spiro atoms. The summed E-state index contributed by atoms with van der Waals surface area (Å²) in [6.45, 7) is 4.08. The maximum absolute atomic E-state index is 13.8. The molecule has 1 atom stereocenters. The summed E-state index contributed by atoms with van der Waals surface area (Å²) in [6, 6.07) is 21.8. The minimum absolute atomic E-state index is 0.197. The number of benzene rings is 3. The highest BCUT2D eigenvalue weighted by atomic mass is 35.5. The SMILES string of the molecule is CCOC(=O)C1=C(C)N=c2sc(=Cc3ccc(OCc4ccccc4)c(OC)c3)c(=O)n2C1c1ccccc1Cl. The van der Waals surface area contributed by atoms with Crippen molar-refractivity contribution < 1.29 is 19.0 Å². The maximum atomic E-state index is 13.8. The number of allylic oxidation sites excluding steroid dienone is 1. The molecule has 0 saturated carbocycles. The summed E-state index contributed by atoms with van der Waals surface area (Å²) in [7, 11) is 1.58. The van der Waals surface area contributed by atoms with Crippen molar-refractivity contribution in [2.45, 2.75) is 26.5 Å². The third-order valence-electron chi connectivity index (χ3n) is 6.44. The lowest BCUT2D eigenvalue weighted by Gasteiger charge is -2.25. The fourth-order valence-corrected chi connectivity index (χ4v) is 5.85. The van der Waals surface area contributed by atoms with Crippen molar-refractivity contribution >= 4 is 35.0 Å². The number of carbonyl (C=O) groups excluding carboxylic acids is 1. The van der Waals surface area contributed by atoms with Gasteiger partial charge in [0.25, 0.3) is 5.56 Å². The van der Waals surface area contributed by atoms with Gasteiger partial charge >= 0.3 is 5.97 Å². The second-order valence-corrected chi connectivity index (χ2v) is 10.4. The number of nitrogens with zero attached hydrogens (tertiary/aromatic N) is 2. The Bertz CT molecular complexity index is 1780. The topological polar surface area (TPSA) is 79.1 Å². The average molecular weight is 575 g/mol. The fraction of sp³-hybridized carbons (Fsp3) is 0.194. The van der Waals surface area contributed by atoms with E-state index in [-0.39, 0.29) is 17.7 Å². The van der Waals surface area contributed by atoms with E-state index in [9.17, 15) is 9.59 Å². The first-order valence-corrected chi connectivity index (χ1v) is 13.9. The van der Waals surface area contributed by atoms with E-state index in [1.54, 1.807) is 45.2 Å². The number of ether oxygens (including phenoxy) is 3. The lowest BCUT2D eigenvalue weighted by Crippen LogP contribution is -2.40. The first-order valence-electron chi connectivity index (χ1n) is 12.7. The highest BCUT2D eigenvalue weighted by Gasteiger charge is 2.34. The van der Waals surface area contributed by atoms with Crippen molar-refractivity contribution in [2.24, 2.45) is 4.99 Å². The van der Waals surface area contributed by atoms with Crippen LogP contribution in [-0.2, 0) is 16.1 Å². The van der Waals surface area contributed by atoms with Gasteiger partial charge in [-0.2, -0.15) is 0 Å². The third kappa shape index (κ3) is 5.46. The van der Waals surface area contributed by atoms with E-state index >= 15 is 0 Å². The van der Waals surface area contributed by atoms with Gasteiger partial charge in [-0.05, 0) is 54.8 Å². The van der Waals surface area contributed by atoms with E-state index in [1.165, 1.54) is 15.9 Å². The average Bonchev–Trinajstić information content (AvgIpc) is 3.26. The van der Waals surface area contributed by atoms with Gasteiger partial charge in [-0.3, -0.25) is 9.36 Å². The van der Waals surface area contributed by atoms with Crippen LogP contribution in [0.4, 0.5) is 0 Å². The third-order valence-corrected chi connectivity index (χ3v) is 7.77. The van der Waals surface area contributed by atoms with Crippen molar-refractivity contribution in [1.82, 2.24) is 4.57 Å². The van der Waals surface area contributed by atoms with Gasteiger partial charge in [0.2, 0.25) is 0 Å². The molecule has 5 rings (SSSR count). The monoisotopic (exact) mass is 574 g/mol. The largest absolute Gasteiger partial charge is 0.493 e. The molecule has 1 aromatic heterocycles. The number of fused-ring (bicyclic) bond motifs is 1. The molecule has 1 unspecified atom stereocenters. The van der Waals surface area contributed by atoms with Crippen LogP contribution < -0.4 is 24.4 Å². The molecule has 0 bridgehead atoms. The van der Waals surface area contributed by atoms with Gasteiger partial charge in [0.05, 0.1) is 29.5 Å². The minimum atomic E-state index is -0.769. The molecule has 3 aromatic carbocycles. The quantitative estimate of drug-likeness (QED) is 0.276. The summed E-state index contributed by atoms with van der Waals surface area (Å²) in [5, 5.41) is 0.439. The van der Waals surface area contributed by atoms with Crippen LogP contribution in [0.3, 0.4) is 0 Å². The van der Waals surface area contributed by atoms with Gasteiger partial charge in [-0.25, -0.2) is 9.79 Å². The molecular formula is C31H27ClN2O5S. The predicted octanol–water partition coefficient (Wildman–Crippen LogP) is 5.04. The van der Waals surface area contributed by atoms with Crippen molar-refractivity contribution in [3.63, 3.8) is 0 Å². The molecule has 0 saturated heterocycles. The van der Waals surface area contributed by atoms with Gasteiger partial charge in [0, 0.05) is 5.02 Å². The molecule has 204 valence electrons. The molecule has 1 aliphatic rings. The molecule has 0 fully saturated rings. The molecule has 9 heteroatoms. The molecular weight excluding hydrogens is 548 g/mol. The lowest BCUT2D eigenvalue weighted by molar-refractivity contribution is -0.139. The molecule has 7 nitrogen and oxygen atoms in total. The highest BCUT2D eigenvalue weighted by Crippen LogP contribution is 2.34. The van der Waals surface area contributed by atoms with E-state index in [0.717, 1.165) is 11.1 Å². The van der Waals surface area contributed by atoms with Crippen LogP contribution in [0, 0.1) is 0 Å². The number of aromatic nitrogens is 1. The summed E-state index contributed by atoms with van der Waals surface area (Å²) in [5.74, 6) is 0.615. The zero-order valence-corrected chi connectivity index (χ0v) is 23.8. The molecule has 2 heterocycles. The van der Waals surface area contributed by atoms with E-state index in [4.69, 9.17) is 25.8 Å². The number of hydrogen-bond donors (Lipinski definition) is 0. The smallest absolute Gasteiger partial charge is 0.338 e. The number of thiazole rings is 1. The summed E-state index contributed by atoms with van der Waals surface area (Å²) < 4.78 is 18.9. The van der Waals surface area contributed by atoms with Crippen LogP contribution in [0.1, 0.15) is 36.6 Å². The van der Waals surface area contributed by atoms with E-state index in [1.807, 2.05) is 54.6 Å². The molecule has 0 N–H and O–H groups in total. The molecule has 0 aliphatic carbocycles. The van der Waals surface area contributed by atoms with Crippen molar-refractivity contribution in [3.05, 3.63) is 125 Å². The van der Waals surface area contributed by atoms with Crippen LogP contribution in [0.25, 0.3) is 6.08 Å². The van der Waals surface area contributed by atoms with Crippen molar-refractivity contribution in [3.8, 4) is 11.5 Å². The van der Waals surface area contributed by atoms with E-state index in [0.29, 0.717) is 43.7 Å². The predicted molar refractivity (Wildman–Crippen MR) is 156 cm³/mol. The Labute approximate surface area is 240 Å².